The third-order valence-electron chi connectivity index (χ3n) is 4.09. The molecule has 6 heteroatoms. The van der Waals surface area contributed by atoms with Crippen molar-refractivity contribution in [3.8, 4) is 0 Å². The van der Waals surface area contributed by atoms with E-state index in [1.165, 1.54) is 11.8 Å². The summed E-state index contributed by atoms with van der Waals surface area (Å²) >= 11 is 7.42. The van der Waals surface area contributed by atoms with Crippen LogP contribution in [-0.2, 0) is 16.1 Å². The highest BCUT2D eigenvalue weighted by Gasteiger charge is 2.25. The average Bonchev–Trinajstić information content (AvgIpc) is 2.70. The predicted octanol–water partition coefficient (Wildman–Crippen LogP) is 4.38. The van der Waals surface area contributed by atoms with Crippen LogP contribution in [0.5, 0.6) is 0 Å². The number of thioether (sulfide) groups is 1. The van der Waals surface area contributed by atoms with E-state index in [0.29, 0.717) is 18.1 Å². The smallest absolute Gasteiger partial charge is 0.242 e. The molecule has 0 heterocycles. The maximum absolute atomic E-state index is 12.9. The molecular weight excluding hydrogens is 380 g/mol. The minimum atomic E-state index is -0.545. The van der Waals surface area contributed by atoms with Crippen molar-refractivity contribution in [1.82, 2.24) is 10.2 Å². The van der Waals surface area contributed by atoms with E-state index in [2.05, 4.69) is 5.32 Å². The molecule has 0 saturated carbocycles. The van der Waals surface area contributed by atoms with Crippen molar-refractivity contribution in [3.63, 3.8) is 0 Å². The van der Waals surface area contributed by atoms with Crippen LogP contribution in [0, 0.1) is 0 Å². The predicted molar refractivity (Wildman–Crippen MR) is 112 cm³/mol. The summed E-state index contributed by atoms with van der Waals surface area (Å²) in [6.07, 6.45) is 0.855. The van der Waals surface area contributed by atoms with E-state index in [-0.39, 0.29) is 17.6 Å². The molecule has 0 aliphatic carbocycles. The molecule has 144 valence electrons. The lowest BCUT2D eigenvalue weighted by molar-refractivity contribution is -0.138. The van der Waals surface area contributed by atoms with Gasteiger partial charge in [0.25, 0.3) is 0 Å². The van der Waals surface area contributed by atoms with Gasteiger partial charge in [-0.15, -0.1) is 11.8 Å². The van der Waals surface area contributed by atoms with Crippen molar-refractivity contribution in [2.24, 2.45) is 0 Å². The molecule has 1 N–H and O–H groups in total. The normalized spacial score (nSPS) is 11.7. The molecule has 2 aromatic rings. The van der Waals surface area contributed by atoms with Crippen LogP contribution < -0.4 is 5.32 Å². The van der Waals surface area contributed by atoms with Gasteiger partial charge < -0.3 is 10.2 Å². The van der Waals surface area contributed by atoms with Crippen LogP contribution in [-0.4, -0.2) is 35.1 Å². The Bertz CT molecular complexity index is 738. The van der Waals surface area contributed by atoms with Gasteiger partial charge in [-0.05, 0) is 43.2 Å². The molecule has 0 radical (unpaired) electrons. The molecule has 0 spiro atoms. The van der Waals surface area contributed by atoms with E-state index in [4.69, 9.17) is 11.6 Å². The lowest BCUT2D eigenvalue weighted by atomic mass is 10.1. The summed E-state index contributed by atoms with van der Waals surface area (Å²) in [4.78, 5) is 28.0. The quantitative estimate of drug-likeness (QED) is 0.631. The molecule has 2 rings (SSSR count). The first-order valence-corrected chi connectivity index (χ1v) is 10.4. The zero-order chi connectivity index (χ0) is 19.6. The van der Waals surface area contributed by atoms with Crippen molar-refractivity contribution < 1.29 is 9.59 Å². The zero-order valence-electron chi connectivity index (χ0n) is 15.7. The summed E-state index contributed by atoms with van der Waals surface area (Å²) in [6.45, 7) is 4.74. The summed E-state index contributed by atoms with van der Waals surface area (Å²) in [5, 5.41) is 3.52. The van der Waals surface area contributed by atoms with Gasteiger partial charge in [0.2, 0.25) is 11.8 Å². The van der Waals surface area contributed by atoms with Gasteiger partial charge in [0, 0.05) is 23.0 Å². The van der Waals surface area contributed by atoms with E-state index in [1.807, 2.05) is 49.4 Å². The summed E-state index contributed by atoms with van der Waals surface area (Å²) in [6, 6.07) is 16.6. The number of nitrogens with zero attached hydrogens (tertiary/aromatic N) is 1. The van der Waals surface area contributed by atoms with Gasteiger partial charge in [-0.2, -0.15) is 0 Å². The molecule has 27 heavy (non-hydrogen) atoms. The summed E-state index contributed by atoms with van der Waals surface area (Å²) < 4.78 is 0. The molecule has 2 amide bonds. The highest BCUT2D eigenvalue weighted by Crippen LogP contribution is 2.20. The van der Waals surface area contributed by atoms with E-state index in [9.17, 15) is 9.59 Å². The summed E-state index contributed by atoms with van der Waals surface area (Å²) in [7, 11) is 0. The minimum absolute atomic E-state index is 0.0713. The maximum atomic E-state index is 12.9. The summed E-state index contributed by atoms with van der Waals surface area (Å²) in [5.74, 6) is 0.0741. The summed E-state index contributed by atoms with van der Waals surface area (Å²) in [5.41, 5.74) is 0.938. The van der Waals surface area contributed by atoms with Gasteiger partial charge in [0.05, 0.1) is 5.75 Å². The zero-order valence-corrected chi connectivity index (χ0v) is 17.2. The molecule has 0 unspecified atom stereocenters. The molecule has 0 saturated heterocycles. The first-order valence-electron chi connectivity index (χ1n) is 9.00. The number of halogens is 1. The van der Waals surface area contributed by atoms with Gasteiger partial charge in [0.1, 0.15) is 6.04 Å². The second-order valence-corrected chi connectivity index (χ2v) is 7.70. The molecule has 2 aromatic carbocycles. The van der Waals surface area contributed by atoms with Crippen molar-refractivity contribution in [2.45, 2.75) is 37.8 Å². The van der Waals surface area contributed by atoms with Crippen LogP contribution in [0.4, 0.5) is 0 Å². The number of rotatable bonds is 9. The van der Waals surface area contributed by atoms with Crippen LogP contribution in [0.2, 0.25) is 5.02 Å². The topological polar surface area (TPSA) is 49.4 Å². The number of nitrogens with one attached hydrogen (secondary N) is 1. The van der Waals surface area contributed by atoms with E-state index < -0.39 is 6.04 Å². The monoisotopic (exact) mass is 404 g/mol. The second kappa shape index (κ2) is 11.0. The molecule has 0 aliphatic heterocycles. The Morgan fingerprint density at radius 3 is 2.41 bits per heavy atom. The van der Waals surface area contributed by atoms with Gasteiger partial charge in [-0.25, -0.2) is 0 Å². The lowest BCUT2D eigenvalue weighted by Gasteiger charge is -2.28. The Labute approximate surface area is 170 Å². The Morgan fingerprint density at radius 1 is 1.11 bits per heavy atom. The standard InChI is InChI=1S/C21H25ClN2O2S/c1-3-13-23-21(26)16(2)24(14-17-9-11-18(22)12-10-17)20(25)15-27-19-7-5-4-6-8-19/h4-12,16H,3,13-15H2,1-2H3,(H,23,26)/t16-/m0/s1. The first kappa shape index (κ1) is 21.3. The van der Waals surface area contributed by atoms with E-state index >= 15 is 0 Å². The third-order valence-corrected chi connectivity index (χ3v) is 5.34. The Hall–Kier alpha value is -1.98. The Kier molecular flexibility index (Phi) is 8.69. The average molecular weight is 405 g/mol. The molecule has 0 aromatic heterocycles. The number of amides is 2. The van der Waals surface area contributed by atoms with Crippen molar-refractivity contribution in [2.75, 3.05) is 12.3 Å². The van der Waals surface area contributed by atoms with Crippen LogP contribution in [0.25, 0.3) is 0 Å². The van der Waals surface area contributed by atoms with Gasteiger partial charge in [0.15, 0.2) is 0 Å². The molecular formula is C21H25ClN2O2S. The number of carbonyl (C=O) groups excluding carboxylic acids is 2. The van der Waals surface area contributed by atoms with Crippen LogP contribution in [0.3, 0.4) is 0 Å². The minimum Gasteiger partial charge on any atom is -0.354 e. The molecule has 1 atom stereocenters. The molecule has 0 bridgehead atoms. The van der Waals surface area contributed by atoms with Gasteiger partial charge >= 0.3 is 0 Å². The fraction of sp³-hybridized carbons (Fsp3) is 0.333. The number of hydrogen-bond acceptors (Lipinski definition) is 3. The van der Waals surface area contributed by atoms with Gasteiger partial charge in [-0.3, -0.25) is 9.59 Å². The third kappa shape index (κ3) is 6.92. The lowest BCUT2D eigenvalue weighted by Crippen LogP contribution is -2.48. The number of benzene rings is 2. The highest BCUT2D eigenvalue weighted by atomic mass is 35.5. The molecule has 0 fully saturated rings. The SMILES string of the molecule is CCCNC(=O)[C@H](C)N(Cc1ccc(Cl)cc1)C(=O)CSc1ccccc1. The van der Waals surface area contributed by atoms with Crippen molar-refractivity contribution in [3.05, 3.63) is 65.2 Å². The first-order chi connectivity index (χ1) is 13.0. The fourth-order valence-corrected chi connectivity index (χ4v) is 3.44. The van der Waals surface area contributed by atoms with E-state index in [0.717, 1.165) is 16.9 Å². The van der Waals surface area contributed by atoms with Crippen LogP contribution in [0.15, 0.2) is 59.5 Å². The van der Waals surface area contributed by atoms with Crippen LogP contribution in [0.1, 0.15) is 25.8 Å². The largest absolute Gasteiger partial charge is 0.354 e. The number of hydrogen-bond donors (Lipinski definition) is 1. The Morgan fingerprint density at radius 2 is 1.78 bits per heavy atom. The Balaban J connectivity index is 2.10. The molecule has 4 nitrogen and oxygen atoms in total. The second-order valence-electron chi connectivity index (χ2n) is 6.22. The van der Waals surface area contributed by atoms with Crippen molar-refractivity contribution >= 4 is 35.2 Å². The highest BCUT2D eigenvalue weighted by molar-refractivity contribution is 8.00. The fourth-order valence-electron chi connectivity index (χ4n) is 2.51. The van der Waals surface area contributed by atoms with E-state index in [1.54, 1.807) is 24.0 Å². The number of carbonyl (C=O) groups is 2. The maximum Gasteiger partial charge on any atom is 0.242 e. The van der Waals surface area contributed by atoms with Gasteiger partial charge in [-0.1, -0.05) is 48.9 Å². The van der Waals surface area contributed by atoms with Crippen LogP contribution >= 0.6 is 23.4 Å². The van der Waals surface area contributed by atoms with Crippen molar-refractivity contribution in [1.29, 1.82) is 0 Å². The molecule has 0 aliphatic rings.